The Labute approximate surface area is 100 Å². The second-order valence-corrected chi connectivity index (χ2v) is 4.15. The van der Waals surface area contributed by atoms with Crippen molar-refractivity contribution < 1.29 is 4.74 Å². The minimum Gasteiger partial charge on any atom is -0.381 e. The van der Waals surface area contributed by atoms with E-state index in [2.05, 4.69) is 25.2 Å². The third-order valence-corrected chi connectivity index (χ3v) is 2.87. The van der Waals surface area contributed by atoms with Gasteiger partial charge in [-0.15, -0.1) is 0 Å². The normalized spacial score (nSPS) is 14.4. The van der Waals surface area contributed by atoms with Crippen LogP contribution in [0.4, 0.5) is 0 Å². The molecule has 0 aromatic rings. The van der Waals surface area contributed by atoms with Gasteiger partial charge >= 0.3 is 0 Å². The smallest absolute Gasteiger partial charge is 0.106 e. The van der Waals surface area contributed by atoms with Gasteiger partial charge in [0, 0.05) is 13.2 Å². The standard InChI is InChI=1S/C13H26N2O/c1-4-7-10-16-11-8-9-13(5-2,12-14)15-6-3/h15H,4-11H2,1-3H3. The van der Waals surface area contributed by atoms with Crippen LogP contribution in [0.1, 0.15) is 52.9 Å². The molecule has 0 aromatic carbocycles. The lowest BCUT2D eigenvalue weighted by Gasteiger charge is -2.25. The molecule has 0 aromatic heterocycles. The Balaban J connectivity index is 3.73. The summed E-state index contributed by atoms with van der Waals surface area (Å²) in [6, 6.07) is 2.40. The molecule has 0 aliphatic carbocycles. The summed E-state index contributed by atoms with van der Waals surface area (Å²) < 4.78 is 5.50. The van der Waals surface area contributed by atoms with E-state index in [0.29, 0.717) is 0 Å². The fourth-order valence-electron chi connectivity index (χ4n) is 1.73. The van der Waals surface area contributed by atoms with Crippen LogP contribution >= 0.6 is 0 Å². The molecule has 1 N–H and O–H groups in total. The van der Waals surface area contributed by atoms with Crippen molar-refractivity contribution in [3.8, 4) is 6.07 Å². The van der Waals surface area contributed by atoms with Crippen LogP contribution in [0, 0.1) is 11.3 Å². The first kappa shape index (κ1) is 15.4. The molecular formula is C13H26N2O. The first-order valence-corrected chi connectivity index (χ1v) is 6.48. The molecule has 0 amide bonds. The molecule has 0 heterocycles. The summed E-state index contributed by atoms with van der Waals surface area (Å²) >= 11 is 0. The molecular weight excluding hydrogens is 200 g/mol. The van der Waals surface area contributed by atoms with Gasteiger partial charge in [0.15, 0.2) is 0 Å². The Hall–Kier alpha value is -0.590. The predicted molar refractivity (Wildman–Crippen MR) is 67.3 cm³/mol. The lowest BCUT2D eigenvalue weighted by Crippen LogP contribution is -2.43. The van der Waals surface area contributed by atoms with Crippen LogP contribution in [-0.4, -0.2) is 25.3 Å². The molecule has 3 heteroatoms. The van der Waals surface area contributed by atoms with Crippen molar-refractivity contribution in [1.82, 2.24) is 5.32 Å². The fourth-order valence-corrected chi connectivity index (χ4v) is 1.73. The molecule has 0 spiro atoms. The molecule has 0 rings (SSSR count). The van der Waals surface area contributed by atoms with E-state index in [0.717, 1.165) is 45.4 Å². The molecule has 0 radical (unpaired) electrons. The zero-order valence-corrected chi connectivity index (χ0v) is 11.0. The van der Waals surface area contributed by atoms with E-state index >= 15 is 0 Å². The molecule has 94 valence electrons. The highest BCUT2D eigenvalue weighted by Crippen LogP contribution is 2.16. The van der Waals surface area contributed by atoms with Crippen LogP contribution in [0.15, 0.2) is 0 Å². The van der Waals surface area contributed by atoms with E-state index in [1.807, 2.05) is 6.92 Å². The van der Waals surface area contributed by atoms with Gasteiger partial charge in [0.25, 0.3) is 0 Å². The summed E-state index contributed by atoms with van der Waals surface area (Å²) in [5.41, 5.74) is -0.344. The number of hydrogen-bond acceptors (Lipinski definition) is 3. The number of nitriles is 1. The van der Waals surface area contributed by atoms with Crippen LogP contribution in [0.5, 0.6) is 0 Å². The number of hydrogen-bond donors (Lipinski definition) is 1. The maximum atomic E-state index is 9.20. The van der Waals surface area contributed by atoms with E-state index in [4.69, 9.17) is 4.74 Å². The Morgan fingerprint density at radius 3 is 2.38 bits per heavy atom. The number of rotatable bonds is 10. The molecule has 0 aliphatic rings. The average Bonchev–Trinajstić information content (AvgIpc) is 2.32. The van der Waals surface area contributed by atoms with E-state index in [9.17, 15) is 5.26 Å². The summed E-state index contributed by atoms with van der Waals surface area (Å²) in [6.07, 6.45) is 4.99. The van der Waals surface area contributed by atoms with E-state index in [1.54, 1.807) is 0 Å². The molecule has 1 unspecified atom stereocenters. The zero-order valence-electron chi connectivity index (χ0n) is 11.0. The molecule has 16 heavy (non-hydrogen) atoms. The van der Waals surface area contributed by atoms with Gasteiger partial charge in [0.1, 0.15) is 5.54 Å². The van der Waals surface area contributed by atoms with Crippen molar-refractivity contribution >= 4 is 0 Å². The zero-order chi connectivity index (χ0) is 12.3. The molecule has 1 atom stereocenters. The molecule has 0 aliphatic heterocycles. The van der Waals surface area contributed by atoms with Gasteiger partial charge in [-0.05, 0) is 32.2 Å². The predicted octanol–water partition coefficient (Wildman–Crippen LogP) is 2.87. The summed E-state index contributed by atoms with van der Waals surface area (Å²) in [5, 5.41) is 12.5. The first-order chi connectivity index (χ1) is 7.74. The third kappa shape index (κ3) is 6.09. The third-order valence-electron chi connectivity index (χ3n) is 2.87. The van der Waals surface area contributed by atoms with Gasteiger partial charge in [-0.1, -0.05) is 27.2 Å². The van der Waals surface area contributed by atoms with Crippen LogP contribution < -0.4 is 5.32 Å². The van der Waals surface area contributed by atoms with E-state index in [-0.39, 0.29) is 5.54 Å². The van der Waals surface area contributed by atoms with Crippen molar-refractivity contribution in [1.29, 1.82) is 5.26 Å². The van der Waals surface area contributed by atoms with Gasteiger partial charge in [0.2, 0.25) is 0 Å². The summed E-state index contributed by atoms with van der Waals surface area (Å²) in [5.74, 6) is 0. The molecule has 3 nitrogen and oxygen atoms in total. The summed E-state index contributed by atoms with van der Waals surface area (Å²) in [7, 11) is 0. The number of nitrogens with one attached hydrogen (secondary N) is 1. The first-order valence-electron chi connectivity index (χ1n) is 6.48. The number of nitrogens with zero attached hydrogens (tertiary/aromatic N) is 1. The number of ether oxygens (including phenoxy) is 1. The number of unbranched alkanes of at least 4 members (excludes halogenated alkanes) is 1. The SMILES string of the molecule is CCCCOCCCC(C#N)(CC)NCC. The second-order valence-electron chi connectivity index (χ2n) is 4.15. The van der Waals surface area contributed by atoms with Crippen molar-refractivity contribution in [3.05, 3.63) is 0 Å². The Morgan fingerprint density at radius 2 is 1.88 bits per heavy atom. The lowest BCUT2D eigenvalue weighted by molar-refractivity contribution is 0.122. The summed E-state index contributed by atoms with van der Waals surface area (Å²) in [6.45, 7) is 8.73. The minimum atomic E-state index is -0.344. The highest BCUT2D eigenvalue weighted by molar-refractivity contribution is 5.05. The second kappa shape index (κ2) is 9.62. The molecule has 0 saturated heterocycles. The van der Waals surface area contributed by atoms with Crippen LogP contribution in [0.25, 0.3) is 0 Å². The highest BCUT2D eigenvalue weighted by atomic mass is 16.5. The van der Waals surface area contributed by atoms with Gasteiger partial charge in [-0.2, -0.15) is 5.26 Å². The quantitative estimate of drug-likeness (QED) is 0.583. The lowest BCUT2D eigenvalue weighted by atomic mass is 9.92. The van der Waals surface area contributed by atoms with Gasteiger partial charge in [0.05, 0.1) is 6.07 Å². The maximum absolute atomic E-state index is 9.20. The molecule has 0 saturated carbocycles. The van der Waals surface area contributed by atoms with Crippen molar-refractivity contribution in [3.63, 3.8) is 0 Å². The van der Waals surface area contributed by atoms with Gasteiger partial charge in [-0.3, -0.25) is 5.32 Å². The average molecular weight is 226 g/mol. The summed E-state index contributed by atoms with van der Waals surface area (Å²) in [4.78, 5) is 0. The van der Waals surface area contributed by atoms with Crippen molar-refractivity contribution in [2.24, 2.45) is 0 Å². The molecule has 0 bridgehead atoms. The highest BCUT2D eigenvalue weighted by Gasteiger charge is 2.25. The van der Waals surface area contributed by atoms with Gasteiger partial charge in [-0.25, -0.2) is 0 Å². The Kier molecular flexibility index (Phi) is 9.27. The Morgan fingerprint density at radius 1 is 1.19 bits per heavy atom. The maximum Gasteiger partial charge on any atom is 0.106 e. The Bertz CT molecular complexity index is 201. The van der Waals surface area contributed by atoms with Crippen LogP contribution in [0.3, 0.4) is 0 Å². The largest absolute Gasteiger partial charge is 0.381 e. The van der Waals surface area contributed by atoms with Crippen molar-refractivity contribution in [2.75, 3.05) is 19.8 Å². The fraction of sp³-hybridized carbons (Fsp3) is 0.923. The molecule has 0 fully saturated rings. The topological polar surface area (TPSA) is 45.0 Å². The van der Waals surface area contributed by atoms with Crippen LogP contribution in [0.2, 0.25) is 0 Å². The van der Waals surface area contributed by atoms with Gasteiger partial charge < -0.3 is 4.74 Å². The van der Waals surface area contributed by atoms with Crippen molar-refractivity contribution in [2.45, 2.75) is 58.4 Å². The minimum absolute atomic E-state index is 0.344. The monoisotopic (exact) mass is 226 g/mol. The van der Waals surface area contributed by atoms with E-state index < -0.39 is 0 Å². The van der Waals surface area contributed by atoms with Crippen LogP contribution in [-0.2, 0) is 4.74 Å². The van der Waals surface area contributed by atoms with E-state index in [1.165, 1.54) is 6.42 Å².